The lowest BCUT2D eigenvalue weighted by molar-refractivity contribution is 0.307. The molecule has 4 heteroatoms. The lowest BCUT2D eigenvalue weighted by Gasteiger charge is -2.18. The van der Waals surface area contributed by atoms with E-state index in [4.69, 9.17) is 11.1 Å². The molecule has 0 aromatic heterocycles. The Bertz CT molecular complexity index is 458. The van der Waals surface area contributed by atoms with Crippen molar-refractivity contribution in [2.75, 3.05) is 13.6 Å². The largest absolute Gasteiger partial charge is 0.384 e. The van der Waals surface area contributed by atoms with Gasteiger partial charge < -0.3 is 10.6 Å². The molecule has 2 unspecified atom stereocenters. The lowest BCUT2D eigenvalue weighted by Crippen LogP contribution is -2.23. The number of hydrogen-bond donors (Lipinski definition) is 2. The predicted molar refractivity (Wildman–Crippen MR) is 71.0 cm³/mol. The van der Waals surface area contributed by atoms with Crippen LogP contribution in [-0.4, -0.2) is 24.3 Å². The summed E-state index contributed by atoms with van der Waals surface area (Å²) < 4.78 is 13.2. The maximum Gasteiger partial charge on any atom is 0.123 e. The fourth-order valence-electron chi connectivity index (χ4n) is 2.35. The molecule has 2 rings (SSSR count). The van der Waals surface area contributed by atoms with Gasteiger partial charge in [-0.1, -0.05) is 13.0 Å². The van der Waals surface area contributed by atoms with Gasteiger partial charge in [-0.2, -0.15) is 0 Å². The predicted octanol–water partition coefficient (Wildman–Crippen LogP) is 2.20. The molecule has 1 fully saturated rings. The van der Waals surface area contributed by atoms with Crippen molar-refractivity contribution in [2.45, 2.75) is 19.9 Å². The van der Waals surface area contributed by atoms with E-state index in [1.807, 2.05) is 0 Å². The van der Waals surface area contributed by atoms with Gasteiger partial charge >= 0.3 is 0 Å². The molecular weight excluding hydrogens is 229 g/mol. The van der Waals surface area contributed by atoms with Gasteiger partial charge in [-0.15, -0.1) is 0 Å². The van der Waals surface area contributed by atoms with Crippen molar-refractivity contribution in [1.82, 2.24) is 4.90 Å². The number of hydrogen-bond acceptors (Lipinski definition) is 2. The van der Waals surface area contributed by atoms with E-state index in [9.17, 15) is 4.39 Å². The van der Waals surface area contributed by atoms with Gasteiger partial charge in [-0.25, -0.2) is 4.39 Å². The molecule has 3 nitrogen and oxygen atoms in total. The van der Waals surface area contributed by atoms with Crippen LogP contribution in [0, 0.1) is 23.1 Å². The number of benzene rings is 1. The summed E-state index contributed by atoms with van der Waals surface area (Å²) in [7, 11) is 2.05. The van der Waals surface area contributed by atoms with E-state index in [-0.39, 0.29) is 11.7 Å². The number of nitrogen functional groups attached to an aromatic ring is 1. The minimum atomic E-state index is -0.345. The Labute approximate surface area is 107 Å². The van der Waals surface area contributed by atoms with Crippen LogP contribution >= 0.6 is 0 Å². The van der Waals surface area contributed by atoms with Crippen LogP contribution in [0.25, 0.3) is 0 Å². The van der Waals surface area contributed by atoms with E-state index in [1.54, 1.807) is 6.07 Å². The number of halogens is 1. The molecule has 0 spiro atoms. The second-order valence-corrected chi connectivity index (χ2v) is 5.38. The highest BCUT2D eigenvalue weighted by molar-refractivity contribution is 5.96. The second kappa shape index (κ2) is 5.06. The Morgan fingerprint density at radius 3 is 2.78 bits per heavy atom. The Morgan fingerprint density at radius 1 is 1.56 bits per heavy atom. The van der Waals surface area contributed by atoms with Crippen LogP contribution in [0.4, 0.5) is 4.39 Å². The summed E-state index contributed by atoms with van der Waals surface area (Å²) in [5, 5.41) is 7.50. The zero-order valence-corrected chi connectivity index (χ0v) is 10.9. The molecule has 1 aliphatic carbocycles. The fourth-order valence-corrected chi connectivity index (χ4v) is 2.35. The van der Waals surface area contributed by atoms with Crippen molar-refractivity contribution in [3.8, 4) is 0 Å². The SMILES string of the molecule is CC1CC1CN(C)Cc1ccc(F)cc1C(=N)N. The molecule has 0 amide bonds. The number of rotatable bonds is 5. The van der Waals surface area contributed by atoms with Gasteiger partial charge in [-0.05, 0) is 43.0 Å². The summed E-state index contributed by atoms with van der Waals surface area (Å²) in [5.41, 5.74) is 6.91. The van der Waals surface area contributed by atoms with Gasteiger partial charge in [0, 0.05) is 18.7 Å². The molecule has 1 aromatic rings. The highest BCUT2D eigenvalue weighted by Crippen LogP contribution is 2.38. The van der Waals surface area contributed by atoms with Crippen molar-refractivity contribution < 1.29 is 4.39 Å². The average molecular weight is 249 g/mol. The van der Waals surface area contributed by atoms with Gasteiger partial charge in [-0.3, -0.25) is 5.41 Å². The van der Waals surface area contributed by atoms with Gasteiger partial charge in [0.1, 0.15) is 11.7 Å². The van der Waals surface area contributed by atoms with Crippen LogP contribution in [0.5, 0.6) is 0 Å². The number of nitrogens with two attached hydrogens (primary N) is 1. The van der Waals surface area contributed by atoms with Crippen LogP contribution in [-0.2, 0) is 6.54 Å². The minimum absolute atomic E-state index is 0.0716. The molecule has 3 N–H and O–H groups in total. The molecule has 0 heterocycles. The Balaban J connectivity index is 2.05. The van der Waals surface area contributed by atoms with Crippen molar-refractivity contribution in [3.05, 3.63) is 35.1 Å². The topological polar surface area (TPSA) is 53.1 Å². The molecule has 0 saturated heterocycles. The summed E-state index contributed by atoms with van der Waals surface area (Å²) >= 11 is 0. The van der Waals surface area contributed by atoms with Crippen LogP contribution in [0.3, 0.4) is 0 Å². The van der Waals surface area contributed by atoms with Gasteiger partial charge in [0.05, 0.1) is 0 Å². The van der Waals surface area contributed by atoms with Gasteiger partial charge in [0.25, 0.3) is 0 Å². The molecule has 2 atom stereocenters. The molecule has 98 valence electrons. The first kappa shape index (κ1) is 13.0. The number of amidine groups is 1. The zero-order valence-electron chi connectivity index (χ0n) is 10.9. The van der Waals surface area contributed by atoms with Crippen LogP contribution in [0.15, 0.2) is 18.2 Å². The molecular formula is C14H20FN3. The van der Waals surface area contributed by atoms with E-state index in [1.165, 1.54) is 18.6 Å². The Morgan fingerprint density at radius 2 is 2.22 bits per heavy atom. The summed E-state index contributed by atoms with van der Waals surface area (Å²) in [5.74, 6) is 1.20. The highest BCUT2D eigenvalue weighted by Gasteiger charge is 2.33. The van der Waals surface area contributed by atoms with Crippen molar-refractivity contribution >= 4 is 5.84 Å². The van der Waals surface area contributed by atoms with Crippen molar-refractivity contribution in [3.63, 3.8) is 0 Å². The van der Waals surface area contributed by atoms with Gasteiger partial charge in [0.2, 0.25) is 0 Å². The standard InChI is InChI=1S/C14H20FN3/c1-9-5-11(9)8-18(2)7-10-3-4-12(15)6-13(10)14(16)17/h3-4,6,9,11H,5,7-8H2,1-2H3,(H3,16,17). The number of nitrogens with zero attached hydrogens (tertiary/aromatic N) is 1. The van der Waals surface area contributed by atoms with E-state index in [0.717, 1.165) is 23.9 Å². The lowest BCUT2D eigenvalue weighted by atomic mass is 10.1. The van der Waals surface area contributed by atoms with E-state index >= 15 is 0 Å². The maximum absolute atomic E-state index is 13.2. The first-order chi connectivity index (χ1) is 8.47. The first-order valence-corrected chi connectivity index (χ1v) is 6.28. The Hall–Kier alpha value is -1.42. The fraction of sp³-hybridized carbons (Fsp3) is 0.500. The summed E-state index contributed by atoms with van der Waals surface area (Å²) in [6, 6.07) is 4.49. The smallest absolute Gasteiger partial charge is 0.123 e. The summed E-state index contributed by atoms with van der Waals surface area (Å²) in [6.07, 6.45) is 1.30. The van der Waals surface area contributed by atoms with Crippen LogP contribution in [0.1, 0.15) is 24.5 Å². The quantitative estimate of drug-likeness (QED) is 0.621. The van der Waals surface area contributed by atoms with Crippen molar-refractivity contribution in [1.29, 1.82) is 5.41 Å². The molecule has 0 radical (unpaired) electrons. The molecule has 1 aliphatic rings. The first-order valence-electron chi connectivity index (χ1n) is 6.28. The van der Waals surface area contributed by atoms with Crippen molar-refractivity contribution in [2.24, 2.45) is 17.6 Å². The van der Waals surface area contributed by atoms with E-state index < -0.39 is 0 Å². The Kier molecular flexibility index (Phi) is 3.66. The molecule has 0 bridgehead atoms. The zero-order chi connectivity index (χ0) is 13.3. The minimum Gasteiger partial charge on any atom is -0.384 e. The molecule has 18 heavy (non-hydrogen) atoms. The molecule has 0 aliphatic heterocycles. The number of nitrogens with one attached hydrogen (secondary N) is 1. The van der Waals surface area contributed by atoms with Gasteiger partial charge in [0.15, 0.2) is 0 Å². The van der Waals surface area contributed by atoms with Crippen LogP contribution < -0.4 is 5.73 Å². The van der Waals surface area contributed by atoms with E-state index in [2.05, 4.69) is 18.9 Å². The monoisotopic (exact) mass is 249 g/mol. The molecule has 1 aromatic carbocycles. The third-order valence-corrected chi connectivity index (χ3v) is 3.62. The third-order valence-electron chi connectivity index (χ3n) is 3.62. The summed E-state index contributed by atoms with van der Waals surface area (Å²) in [6.45, 7) is 4.02. The summed E-state index contributed by atoms with van der Waals surface area (Å²) in [4.78, 5) is 2.22. The maximum atomic E-state index is 13.2. The second-order valence-electron chi connectivity index (χ2n) is 5.38. The highest BCUT2D eigenvalue weighted by atomic mass is 19.1. The van der Waals surface area contributed by atoms with E-state index in [0.29, 0.717) is 12.1 Å². The molecule has 1 saturated carbocycles. The third kappa shape index (κ3) is 3.07. The normalized spacial score (nSPS) is 22.2. The van der Waals surface area contributed by atoms with Crippen LogP contribution in [0.2, 0.25) is 0 Å². The average Bonchev–Trinajstić information content (AvgIpc) is 2.96.